The molecule has 1 spiro atoms. The zero-order chi connectivity index (χ0) is 25.8. The number of Topliss-reactive ketones (excluding diaryl/α,β-unsaturated/α-hetero) is 1. The molecule has 0 radical (unpaired) electrons. The molecule has 0 aromatic heterocycles. The third-order valence-electron chi connectivity index (χ3n) is 5.59. The quantitative estimate of drug-likeness (QED) is 0.463. The van der Waals surface area contributed by atoms with Gasteiger partial charge in [0.1, 0.15) is 11.2 Å². The Morgan fingerprint density at radius 3 is 2.17 bits per heavy atom. The van der Waals surface area contributed by atoms with Crippen LogP contribution in [0.15, 0.2) is 60.0 Å². The van der Waals surface area contributed by atoms with Crippen molar-refractivity contribution in [1.29, 1.82) is 0 Å². The van der Waals surface area contributed by atoms with Crippen molar-refractivity contribution >= 4 is 17.7 Å². The number of hydrogen-bond donors (Lipinski definition) is 0. The first kappa shape index (κ1) is 24.5. The van der Waals surface area contributed by atoms with Crippen molar-refractivity contribution < 1.29 is 28.6 Å². The second-order valence-electron chi connectivity index (χ2n) is 10.9. The Bertz CT molecular complexity index is 1230. The fraction of sp³-hybridized carbons (Fsp3) is 0.393. The van der Waals surface area contributed by atoms with Gasteiger partial charge in [-0.25, -0.2) is 9.59 Å². The number of aryl methyl sites for hydroxylation is 1. The summed E-state index contributed by atoms with van der Waals surface area (Å²) in [5, 5.41) is 0. The molecule has 2 heterocycles. The maximum Gasteiger partial charge on any atom is 0.348 e. The van der Waals surface area contributed by atoms with E-state index in [1.807, 2.05) is 52.0 Å². The van der Waals surface area contributed by atoms with Crippen LogP contribution in [0, 0.1) is 6.92 Å². The molecule has 0 aliphatic carbocycles. The van der Waals surface area contributed by atoms with Crippen LogP contribution in [0.25, 0.3) is 0 Å². The minimum atomic E-state index is -1.87. The summed E-state index contributed by atoms with van der Waals surface area (Å²) in [6.07, 6.45) is 0. The number of carbonyl (C=O) groups excluding carboxylic acids is 3. The molecule has 35 heavy (non-hydrogen) atoms. The van der Waals surface area contributed by atoms with Gasteiger partial charge in [-0.2, -0.15) is 0 Å². The van der Waals surface area contributed by atoms with E-state index >= 15 is 0 Å². The fourth-order valence-electron chi connectivity index (χ4n) is 4.20. The number of ether oxygens (including phenoxy) is 3. The maximum atomic E-state index is 14.2. The van der Waals surface area contributed by atoms with E-state index in [9.17, 15) is 14.4 Å². The van der Waals surface area contributed by atoms with E-state index in [0.29, 0.717) is 5.56 Å². The number of nitrogens with zero attached hydrogens (tertiary/aromatic N) is 1. The highest BCUT2D eigenvalue weighted by molar-refractivity contribution is 6.24. The molecule has 0 saturated carbocycles. The molecule has 2 aromatic rings. The number of fused-ring (bicyclic) bond motifs is 2. The Balaban J connectivity index is 1.95. The first-order chi connectivity index (χ1) is 16.2. The number of carbonyl (C=O) groups is 3. The first-order valence-electron chi connectivity index (χ1n) is 11.6. The summed E-state index contributed by atoms with van der Waals surface area (Å²) in [6.45, 7) is 12.8. The topological polar surface area (TPSA) is 82.1 Å². The second-order valence-corrected chi connectivity index (χ2v) is 10.9. The number of benzene rings is 2. The Morgan fingerprint density at radius 1 is 0.943 bits per heavy atom. The minimum absolute atomic E-state index is 0.0295. The van der Waals surface area contributed by atoms with Crippen LogP contribution in [-0.4, -0.2) is 33.8 Å². The van der Waals surface area contributed by atoms with E-state index in [4.69, 9.17) is 14.2 Å². The van der Waals surface area contributed by atoms with Gasteiger partial charge < -0.3 is 14.2 Å². The predicted molar refractivity (Wildman–Crippen MR) is 129 cm³/mol. The van der Waals surface area contributed by atoms with Crippen molar-refractivity contribution in [3.05, 3.63) is 82.2 Å². The van der Waals surface area contributed by atoms with Gasteiger partial charge >= 0.3 is 11.9 Å². The van der Waals surface area contributed by atoms with Crippen LogP contribution < -0.4 is 0 Å². The second kappa shape index (κ2) is 8.26. The standard InChI is InChI=1S/C28H31NO6/c1-17-12-14-18(15-13-17)16-29-23(33-26(2,3)4)21(25(32)34-27(5,6)7)22(30)28(29)20-11-9-8-10-19(20)24(31)35-28/h8-15H,16H2,1-7H3. The summed E-state index contributed by atoms with van der Waals surface area (Å²) in [4.78, 5) is 42.1. The summed E-state index contributed by atoms with van der Waals surface area (Å²) in [6, 6.07) is 14.5. The van der Waals surface area contributed by atoms with Gasteiger partial charge in [0.05, 0.1) is 12.1 Å². The van der Waals surface area contributed by atoms with E-state index in [-0.39, 0.29) is 23.6 Å². The van der Waals surface area contributed by atoms with Crippen LogP contribution in [0.1, 0.15) is 68.6 Å². The average molecular weight is 478 g/mol. The Kier molecular flexibility index (Phi) is 5.78. The molecular formula is C28H31NO6. The van der Waals surface area contributed by atoms with E-state index in [1.165, 1.54) is 0 Å². The molecule has 0 saturated heterocycles. The van der Waals surface area contributed by atoms with Crippen molar-refractivity contribution in [1.82, 2.24) is 4.90 Å². The molecule has 2 aliphatic rings. The molecule has 0 fully saturated rings. The Hall–Kier alpha value is -3.61. The number of rotatable bonds is 4. The van der Waals surface area contributed by atoms with Crippen molar-refractivity contribution in [2.75, 3.05) is 0 Å². The SMILES string of the molecule is Cc1ccc(CN2C(OC(C)(C)C)=C(C(=O)OC(C)(C)C)C(=O)C23OC(=O)c2ccccc23)cc1. The lowest BCUT2D eigenvalue weighted by molar-refractivity contribution is -0.159. The minimum Gasteiger partial charge on any atom is -0.473 e. The smallest absolute Gasteiger partial charge is 0.348 e. The van der Waals surface area contributed by atoms with E-state index < -0.39 is 34.6 Å². The molecule has 0 N–H and O–H groups in total. The summed E-state index contributed by atoms with van der Waals surface area (Å²) >= 11 is 0. The lowest BCUT2D eigenvalue weighted by Crippen LogP contribution is -2.48. The zero-order valence-corrected chi connectivity index (χ0v) is 21.2. The van der Waals surface area contributed by atoms with Gasteiger partial charge in [-0.15, -0.1) is 0 Å². The van der Waals surface area contributed by atoms with Crippen molar-refractivity contribution in [2.45, 2.75) is 71.9 Å². The summed E-state index contributed by atoms with van der Waals surface area (Å²) in [5.74, 6) is -2.12. The highest BCUT2D eigenvalue weighted by Crippen LogP contribution is 2.50. The molecule has 2 aromatic carbocycles. The van der Waals surface area contributed by atoms with Crippen molar-refractivity contribution in [3.63, 3.8) is 0 Å². The Morgan fingerprint density at radius 2 is 1.57 bits per heavy atom. The fourth-order valence-corrected chi connectivity index (χ4v) is 4.20. The molecule has 1 atom stereocenters. The highest BCUT2D eigenvalue weighted by Gasteiger charge is 2.64. The third kappa shape index (κ3) is 4.43. The van der Waals surface area contributed by atoms with Crippen LogP contribution in [0.3, 0.4) is 0 Å². The Labute approximate surface area is 205 Å². The number of esters is 2. The van der Waals surface area contributed by atoms with Crippen LogP contribution in [0.4, 0.5) is 0 Å². The number of ketones is 1. The molecule has 0 bridgehead atoms. The van der Waals surface area contributed by atoms with Crippen LogP contribution in [0.5, 0.6) is 0 Å². The largest absolute Gasteiger partial charge is 0.473 e. The average Bonchev–Trinajstić information content (AvgIpc) is 3.15. The molecule has 2 aliphatic heterocycles. The van der Waals surface area contributed by atoms with E-state index in [1.54, 1.807) is 49.9 Å². The molecule has 0 amide bonds. The lowest BCUT2D eigenvalue weighted by atomic mass is 9.94. The van der Waals surface area contributed by atoms with Gasteiger partial charge in [0.2, 0.25) is 11.7 Å². The maximum absolute atomic E-state index is 14.2. The molecule has 7 nitrogen and oxygen atoms in total. The van der Waals surface area contributed by atoms with Gasteiger partial charge in [0.15, 0.2) is 5.57 Å². The van der Waals surface area contributed by atoms with Gasteiger partial charge in [-0.1, -0.05) is 48.0 Å². The summed E-state index contributed by atoms with van der Waals surface area (Å²) < 4.78 is 17.7. The van der Waals surface area contributed by atoms with Crippen molar-refractivity contribution in [2.24, 2.45) is 0 Å². The predicted octanol–water partition coefficient (Wildman–Crippen LogP) is 4.77. The lowest BCUT2D eigenvalue weighted by Gasteiger charge is -2.37. The van der Waals surface area contributed by atoms with E-state index in [2.05, 4.69) is 0 Å². The monoisotopic (exact) mass is 477 g/mol. The van der Waals surface area contributed by atoms with Gasteiger partial charge in [0.25, 0.3) is 5.72 Å². The normalized spacial score (nSPS) is 19.8. The highest BCUT2D eigenvalue weighted by atomic mass is 16.6. The third-order valence-corrected chi connectivity index (χ3v) is 5.59. The van der Waals surface area contributed by atoms with Gasteiger partial charge in [-0.05, 0) is 60.1 Å². The molecule has 1 unspecified atom stereocenters. The van der Waals surface area contributed by atoms with Crippen molar-refractivity contribution in [3.8, 4) is 0 Å². The van der Waals surface area contributed by atoms with Crippen LogP contribution >= 0.6 is 0 Å². The molecule has 7 heteroatoms. The van der Waals surface area contributed by atoms with E-state index in [0.717, 1.165) is 11.1 Å². The summed E-state index contributed by atoms with van der Waals surface area (Å²) in [5.41, 5.74) is -1.18. The molecule has 4 rings (SSSR count). The van der Waals surface area contributed by atoms with Gasteiger partial charge in [-0.3, -0.25) is 9.69 Å². The summed E-state index contributed by atoms with van der Waals surface area (Å²) in [7, 11) is 0. The number of hydrogen-bond acceptors (Lipinski definition) is 7. The van der Waals surface area contributed by atoms with Crippen LogP contribution in [0.2, 0.25) is 0 Å². The molecular weight excluding hydrogens is 446 g/mol. The van der Waals surface area contributed by atoms with Gasteiger partial charge in [0, 0.05) is 5.56 Å². The molecule has 184 valence electrons. The van der Waals surface area contributed by atoms with Crippen LogP contribution in [-0.2, 0) is 36.1 Å². The zero-order valence-electron chi connectivity index (χ0n) is 21.2. The first-order valence-corrected chi connectivity index (χ1v) is 11.6.